The Hall–Kier alpha value is -1.07. The summed E-state index contributed by atoms with van der Waals surface area (Å²) in [7, 11) is 0. The molecule has 4 nitrogen and oxygen atoms in total. The van der Waals surface area contributed by atoms with Crippen molar-refractivity contribution < 1.29 is 14.6 Å². The topological polar surface area (TPSA) is 58.6 Å². The van der Waals surface area contributed by atoms with Gasteiger partial charge >= 0.3 is 6.09 Å². The van der Waals surface area contributed by atoms with Gasteiger partial charge in [-0.05, 0) is 67.2 Å². The van der Waals surface area contributed by atoms with E-state index < -0.39 is 17.3 Å². The van der Waals surface area contributed by atoms with Crippen molar-refractivity contribution in [3.63, 3.8) is 0 Å². The molecule has 2 rings (SSSR count). The summed E-state index contributed by atoms with van der Waals surface area (Å²) in [6.45, 7) is 5.46. The Balaban J connectivity index is 2.06. The largest absolute Gasteiger partial charge is 0.444 e. The summed E-state index contributed by atoms with van der Waals surface area (Å²) >= 11 is 3.40. The fraction of sp³-hybridized carbons (Fsp3) is 0.533. The molecule has 1 saturated carbocycles. The van der Waals surface area contributed by atoms with Crippen LogP contribution in [0.3, 0.4) is 0 Å². The van der Waals surface area contributed by atoms with Crippen molar-refractivity contribution in [2.24, 2.45) is 0 Å². The molecule has 0 atom stereocenters. The molecule has 0 bridgehead atoms. The Labute approximate surface area is 127 Å². The van der Waals surface area contributed by atoms with E-state index in [-0.39, 0.29) is 0 Å². The SMILES string of the molecule is CC(C)(C)OC(=O)Nc1cc(CC2(O)CC2)ccc1Br. The van der Waals surface area contributed by atoms with E-state index in [9.17, 15) is 9.90 Å². The molecule has 110 valence electrons. The molecule has 1 fully saturated rings. The summed E-state index contributed by atoms with van der Waals surface area (Å²) in [6, 6.07) is 5.68. The standard InChI is InChI=1S/C15H20BrNO3/c1-14(2,3)20-13(18)17-12-8-10(4-5-11(12)16)9-15(19)6-7-15/h4-5,8,19H,6-7,9H2,1-3H3,(H,17,18). The molecular weight excluding hydrogens is 322 g/mol. The van der Waals surface area contributed by atoms with Gasteiger partial charge in [-0.25, -0.2) is 4.79 Å². The van der Waals surface area contributed by atoms with Gasteiger partial charge in [0.1, 0.15) is 5.60 Å². The zero-order valence-electron chi connectivity index (χ0n) is 12.0. The van der Waals surface area contributed by atoms with Crippen LogP contribution < -0.4 is 5.32 Å². The van der Waals surface area contributed by atoms with E-state index in [2.05, 4.69) is 21.2 Å². The van der Waals surface area contributed by atoms with Gasteiger partial charge in [0.15, 0.2) is 0 Å². The molecule has 0 heterocycles. The van der Waals surface area contributed by atoms with Crippen molar-refractivity contribution in [1.82, 2.24) is 0 Å². The first-order valence-electron chi connectivity index (χ1n) is 6.68. The molecule has 5 heteroatoms. The Bertz CT molecular complexity index is 518. The second-order valence-corrected chi connectivity index (χ2v) is 7.20. The van der Waals surface area contributed by atoms with Crippen molar-refractivity contribution in [3.05, 3.63) is 28.2 Å². The summed E-state index contributed by atoms with van der Waals surface area (Å²) in [5.74, 6) is 0. The lowest BCUT2D eigenvalue weighted by Gasteiger charge is -2.20. The molecule has 20 heavy (non-hydrogen) atoms. The number of nitrogens with one attached hydrogen (secondary N) is 1. The smallest absolute Gasteiger partial charge is 0.412 e. The Morgan fingerprint density at radius 2 is 2.10 bits per heavy atom. The molecule has 0 unspecified atom stereocenters. The summed E-state index contributed by atoms with van der Waals surface area (Å²) < 4.78 is 6.02. The van der Waals surface area contributed by atoms with Crippen LogP contribution in [0.25, 0.3) is 0 Å². The third-order valence-electron chi connectivity index (χ3n) is 3.03. The molecule has 1 aromatic carbocycles. The van der Waals surface area contributed by atoms with E-state index in [4.69, 9.17) is 4.74 Å². The molecule has 1 amide bonds. The summed E-state index contributed by atoms with van der Waals surface area (Å²) in [6.07, 6.45) is 1.82. The third-order valence-corrected chi connectivity index (χ3v) is 3.72. The Morgan fingerprint density at radius 3 is 2.65 bits per heavy atom. The number of carbonyl (C=O) groups excluding carboxylic acids is 1. The minimum atomic E-state index is -0.545. The normalized spacial score (nSPS) is 16.6. The lowest BCUT2D eigenvalue weighted by molar-refractivity contribution is 0.0636. The summed E-state index contributed by atoms with van der Waals surface area (Å²) in [5, 5.41) is 12.7. The maximum atomic E-state index is 11.8. The fourth-order valence-corrected chi connectivity index (χ4v) is 2.24. The maximum absolute atomic E-state index is 11.8. The van der Waals surface area contributed by atoms with Gasteiger partial charge in [-0.2, -0.15) is 0 Å². The van der Waals surface area contributed by atoms with Gasteiger partial charge in [0.05, 0.1) is 11.3 Å². The number of halogens is 1. The van der Waals surface area contributed by atoms with Gasteiger partial charge in [-0.3, -0.25) is 5.32 Å². The van der Waals surface area contributed by atoms with Crippen molar-refractivity contribution >= 4 is 27.7 Å². The molecule has 2 N–H and O–H groups in total. The van der Waals surface area contributed by atoms with Crippen LogP contribution >= 0.6 is 15.9 Å². The minimum absolute atomic E-state index is 0.486. The molecule has 0 radical (unpaired) electrons. The fourth-order valence-electron chi connectivity index (χ4n) is 1.89. The van der Waals surface area contributed by atoms with Crippen molar-refractivity contribution in [2.45, 2.75) is 51.2 Å². The number of carbonyl (C=O) groups is 1. The first-order valence-corrected chi connectivity index (χ1v) is 7.47. The highest BCUT2D eigenvalue weighted by Crippen LogP contribution is 2.39. The molecule has 1 aromatic rings. The van der Waals surface area contributed by atoms with Crippen LogP contribution in [0, 0.1) is 0 Å². The second kappa shape index (κ2) is 5.37. The number of amides is 1. The Morgan fingerprint density at radius 1 is 1.45 bits per heavy atom. The highest BCUT2D eigenvalue weighted by molar-refractivity contribution is 9.10. The molecule has 0 saturated heterocycles. The quantitative estimate of drug-likeness (QED) is 0.877. The molecule has 1 aliphatic rings. The number of aliphatic hydroxyl groups is 1. The number of hydrogen-bond donors (Lipinski definition) is 2. The Kier molecular flexibility index (Phi) is 4.12. The lowest BCUT2D eigenvalue weighted by Crippen LogP contribution is -2.27. The van der Waals surface area contributed by atoms with E-state index in [1.165, 1.54) is 0 Å². The van der Waals surface area contributed by atoms with E-state index >= 15 is 0 Å². The first-order chi connectivity index (χ1) is 9.17. The van der Waals surface area contributed by atoms with Gasteiger partial charge < -0.3 is 9.84 Å². The van der Waals surface area contributed by atoms with Crippen molar-refractivity contribution in [1.29, 1.82) is 0 Å². The summed E-state index contributed by atoms with van der Waals surface area (Å²) in [4.78, 5) is 11.8. The van der Waals surface area contributed by atoms with Crippen LogP contribution in [0.5, 0.6) is 0 Å². The van der Waals surface area contributed by atoms with E-state index in [0.29, 0.717) is 12.1 Å². The highest BCUT2D eigenvalue weighted by atomic mass is 79.9. The predicted molar refractivity (Wildman–Crippen MR) is 81.9 cm³/mol. The van der Waals surface area contributed by atoms with E-state index in [0.717, 1.165) is 22.9 Å². The van der Waals surface area contributed by atoms with Gasteiger partial charge in [-0.1, -0.05) is 6.07 Å². The van der Waals surface area contributed by atoms with Gasteiger partial charge in [0.2, 0.25) is 0 Å². The van der Waals surface area contributed by atoms with Crippen LogP contribution in [-0.2, 0) is 11.2 Å². The monoisotopic (exact) mass is 341 g/mol. The number of ether oxygens (including phenoxy) is 1. The molecular formula is C15H20BrNO3. The zero-order chi connectivity index (χ0) is 15.0. The minimum Gasteiger partial charge on any atom is -0.444 e. The highest BCUT2D eigenvalue weighted by Gasteiger charge is 2.40. The van der Waals surface area contributed by atoms with Crippen LogP contribution in [-0.4, -0.2) is 22.4 Å². The first kappa shape index (κ1) is 15.3. The molecule has 1 aliphatic carbocycles. The van der Waals surface area contributed by atoms with Crippen LogP contribution in [0.2, 0.25) is 0 Å². The number of anilines is 1. The lowest BCUT2D eigenvalue weighted by atomic mass is 10.1. The molecule has 0 spiro atoms. The van der Waals surface area contributed by atoms with Gasteiger partial charge in [0.25, 0.3) is 0 Å². The van der Waals surface area contributed by atoms with E-state index in [1.807, 2.05) is 39.0 Å². The predicted octanol–water partition coefficient (Wildman–Crippen LogP) is 3.86. The number of rotatable bonds is 3. The van der Waals surface area contributed by atoms with Crippen molar-refractivity contribution in [3.8, 4) is 0 Å². The van der Waals surface area contributed by atoms with Gasteiger partial charge in [-0.15, -0.1) is 0 Å². The van der Waals surface area contributed by atoms with Gasteiger partial charge in [0, 0.05) is 10.9 Å². The number of hydrogen-bond acceptors (Lipinski definition) is 3. The summed E-state index contributed by atoms with van der Waals surface area (Å²) in [5.41, 5.74) is 0.578. The van der Waals surface area contributed by atoms with Crippen molar-refractivity contribution in [2.75, 3.05) is 5.32 Å². The van der Waals surface area contributed by atoms with Crippen LogP contribution in [0.4, 0.5) is 10.5 Å². The zero-order valence-corrected chi connectivity index (χ0v) is 13.6. The maximum Gasteiger partial charge on any atom is 0.412 e. The van der Waals surface area contributed by atoms with Crippen LogP contribution in [0.1, 0.15) is 39.2 Å². The van der Waals surface area contributed by atoms with E-state index in [1.54, 1.807) is 0 Å². The molecule has 0 aromatic heterocycles. The molecule has 0 aliphatic heterocycles. The number of benzene rings is 1. The average molecular weight is 342 g/mol. The average Bonchev–Trinajstić information content (AvgIpc) is 2.98. The third kappa shape index (κ3) is 4.49. The second-order valence-electron chi connectivity index (χ2n) is 6.34. The van der Waals surface area contributed by atoms with Crippen LogP contribution in [0.15, 0.2) is 22.7 Å².